The van der Waals surface area contributed by atoms with E-state index in [4.69, 9.17) is 11.6 Å². The van der Waals surface area contributed by atoms with Crippen LogP contribution in [0.4, 0.5) is 18.9 Å². The first-order chi connectivity index (χ1) is 9.82. The van der Waals surface area contributed by atoms with Crippen molar-refractivity contribution in [2.45, 2.75) is 50.7 Å². The highest BCUT2D eigenvalue weighted by Gasteiger charge is 2.34. The van der Waals surface area contributed by atoms with Crippen molar-refractivity contribution in [3.8, 4) is 0 Å². The molecule has 21 heavy (non-hydrogen) atoms. The number of nitrogens with zero attached hydrogens (tertiary/aromatic N) is 1. The van der Waals surface area contributed by atoms with Crippen LogP contribution in [0.3, 0.4) is 0 Å². The van der Waals surface area contributed by atoms with Gasteiger partial charge in [-0.15, -0.1) is 11.6 Å². The smallest absolute Gasteiger partial charge is 0.372 e. The zero-order valence-electron chi connectivity index (χ0n) is 12.4. The van der Waals surface area contributed by atoms with Crippen LogP contribution in [0.15, 0.2) is 18.2 Å². The minimum absolute atomic E-state index is 0.125. The van der Waals surface area contributed by atoms with Crippen LogP contribution in [0, 0.1) is 5.92 Å². The van der Waals surface area contributed by atoms with Gasteiger partial charge in [-0.1, -0.05) is 13.0 Å². The van der Waals surface area contributed by atoms with Crippen LogP contribution in [-0.2, 0) is 12.1 Å². The monoisotopic (exact) mass is 319 g/mol. The highest BCUT2D eigenvalue weighted by atomic mass is 35.5. The van der Waals surface area contributed by atoms with Crippen LogP contribution >= 0.6 is 11.6 Å². The quantitative estimate of drug-likeness (QED) is 0.669. The molecule has 0 radical (unpaired) electrons. The van der Waals surface area contributed by atoms with Crippen molar-refractivity contribution in [1.82, 2.24) is 0 Å². The molecule has 0 unspecified atom stereocenters. The maximum atomic E-state index is 13.1. The van der Waals surface area contributed by atoms with Gasteiger partial charge < -0.3 is 4.90 Å². The number of halogens is 4. The van der Waals surface area contributed by atoms with Crippen LogP contribution in [0.25, 0.3) is 0 Å². The second kappa shape index (κ2) is 6.47. The van der Waals surface area contributed by atoms with Gasteiger partial charge in [0.1, 0.15) is 0 Å². The Morgan fingerprint density at radius 1 is 1.19 bits per heavy atom. The van der Waals surface area contributed by atoms with Crippen molar-refractivity contribution >= 4 is 17.3 Å². The Hall–Kier alpha value is -0.900. The van der Waals surface area contributed by atoms with E-state index in [1.807, 2.05) is 11.9 Å². The summed E-state index contributed by atoms with van der Waals surface area (Å²) in [6.45, 7) is 2.23. The van der Waals surface area contributed by atoms with E-state index in [-0.39, 0.29) is 11.4 Å². The molecule has 0 aliphatic heterocycles. The minimum atomic E-state index is -4.36. The molecule has 2 rings (SSSR count). The van der Waals surface area contributed by atoms with Gasteiger partial charge in [-0.3, -0.25) is 0 Å². The first-order valence-electron chi connectivity index (χ1n) is 7.32. The molecule has 1 aliphatic rings. The van der Waals surface area contributed by atoms with Gasteiger partial charge in [-0.25, -0.2) is 0 Å². The molecule has 1 saturated carbocycles. The Kier molecular flexibility index (Phi) is 5.07. The molecule has 1 fully saturated rings. The molecule has 1 aliphatic carbocycles. The normalized spacial score (nSPS) is 23.1. The van der Waals surface area contributed by atoms with Crippen molar-refractivity contribution < 1.29 is 13.2 Å². The maximum absolute atomic E-state index is 13.1. The lowest BCUT2D eigenvalue weighted by Gasteiger charge is -2.35. The minimum Gasteiger partial charge on any atom is -0.372 e. The molecule has 0 heterocycles. The summed E-state index contributed by atoms with van der Waals surface area (Å²) >= 11 is 5.62. The second-order valence-corrected chi connectivity index (χ2v) is 6.26. The Morgan fingerprint density at radius 3 is 2.33 bits per heavy atom. The molecular weight excluding hydrogens is 299 g/mol. The number of benzene rings is 1. The molecule has 118 valence electrons. The molecule has 0 spiro atoms. The highest BCUT2D eigenvalue weighted by molar-refractivity contribution is 6.17. The first-order valence-corrected chi connectivity index (χ1v) is 7.85. The first kappa shape index (κ1) is 16.5. The van der Waals surface area contributed by atoms with Gasteiger partial charge in [0.05, 0.1) is 5.56 Å². The third kappa shape index (κ3) is 3.85. The van der Waals surface area contributed by atoms with E-state index in [9.17, 15) is 13.2 Å². The Labute approximate surface area is 129 Å². The van der Waals surface area contributed by atoms with E-state index in [2.05, 4.69) is 6.92 Å². The average molecular weight is 320 g/mol. The van der Waals surface area contributed by atoms with Crippen molar-refractivity contribution in [3.05, 3.63) is 29.3 Å². The molecular formula is C16H21ClF3N. The molecule has 1 aromatic carbocycles. The summed E-state index contributed by atoms with van der Waals surface area (Å²) in [6, 6.07) is 4.79. The zero-order valence-corrected chi connectivity index (χ0v) is 13.1. The van der Waals surface area contributed by atoms with Gasteiger partial charge in [0.15, 0.2) is 0 Å². The fraction of sp³-hybridized carbons (Fsp3) is 0.625. The van der Waals surface area contributed by atoms with Crippen LogP contribution in [0.1, 0.15) is 43.7 Å². The molecule has 0 aromatic heterocycles. The number of alkyl halides is 4. The van der Waals surface area contributed by atoms with Gasteiger partial charge in [0.2, 0.25) is 0 Å². The summed E-state index contributed by atoms with van der Waals surface area (Å²) in [5.74, 6) is 0.596. The SMILES string of the molecule is CC1CCC(N(C)c2ccc(CCl)c(C(F)(F)F)c2)CC1. The van der Waals surface area contributed by atoms with E-state index in [1.54, 1.807) is 6.07 Å². The van der Waals surface area contributed by atoms with Gasteiger partial charge >= 0.3 is 6.18 Å². The molecule has 0 saturated heterocycles. The van der Waals surface area contributed by atoms with Crippen LogP contribution in [0.5, 0.6) is 0 Å². The van der Waals surface area contributed by atoms with E-state index >= 15 is 0 Å². The van der Waals surface area contributed by atoms with E-state index < -0.39 is 11.7 Å². The molecule has 5 heteroatoms. The largest absolute Gasteiger partial charge is 0.416 e. The van der Waals surface area contributed by atoms with Crippen molar-refractivity contribution in [1.29, 1.82) is 0 Å². The number of hydrogen-bond acceptors (Lipinski definition) is 1. The van der Waals surface area contributed by atoms with Gasteiger partial charge in [-0.2, -0.15) is 13.2 Å². The fourth-order valence-corrected chi connectivity index (χ4v) is 3.24. The third-order valence-electron chi connectivity index (χ3n) is 4.48. The number of hydrogen-bond donors (Lipinski definition) is 0. The summed E-state index contributed by atoms with van der Waals surface area (Å²) in [5, 5.41) is 0. The van der Waals surface area contributed by atoms with Crippen molar-refractivity contribution in [2.75, 3.05) is 11.9 Å². The topological polar surface area (TPSA) is 3.24 Å². The molecule has 0 atom stereocenters. The van der Waals surface area contributed by atoms with Gasteiger partial charge in [0.25, 0.3) is 0 Å². The predicted molar refractivity (Wildman–Crippen MR) is 80.8 cm³/mol. The van der Waals surface area contributed by atoms with Crippen molar-refractivity contribution in [3.63, 3.8) is 0 Å². The number of rotatable bonds is 3. The summed E-state index contributed by atoms with van der Waals surface area (Å²) in [7, 11) is 1.89. The Morgan fingerprint density at radius 2 is 1.81 bits per heavy atom. The average Bonchev–Trinajstić information content (AvgIpc) is 2.45. The molecule has 1 aromatic rings. The zero-order chi connectivity index (χ0) is 15.6. The summed E-state index contributed by atoms with van der Waals surface area (Å²) in [6.07, 6.45) is -0.00347. The van der Waals surface area contributed by atoms with Gasteiger partial charge in [-0.05, 0) is 49.3 Å². The lowest BCUT2D eigenvalue weighted by atomic mass is 9.86. The molecule has 1 nitrogen and oxygen atoms in total. The standard InChI is InChI=1S/C16H21ClF3N/c1-11-3-6-13(7-4-11)21(2)14-8-5-12(10-17)15(9-14)16(18,19)20/h5,8-9,11,13H,3-4,6-7,10H2,1-2H3. The van der Waals surface area contributed by atoms with Crippen LogP contribution in [0.2, 0.25) is 0 Å². The third-order valence-corrected chi connectivity index (χ3v) is 4.77. The fourth-order valence-electron chi connectivity index (χ4n) is 3.00. The maximum Gasteiger partial charge on any atom is 0.416 e. The lowest BCUT2D eigenvalue weighted by molar-refractivity contribution is -0.138. The highest BCUT2D eigenvalue weighted by Crippen LogP contribution is 2.36. The lowest BCUT2D eigenvalue weighted by Crippen LogP contribution is -2.35. The predicted octanol–water partition coefficient (Wildman–Crippen LogP) is 5.46. The van der Waals surface area contributed by atoms with E-state index in [1.165, 1.54) is 12.1 Å². The Bertz CT molecular complexity index is 479. The number of anilines is 1. The van der Waals surface area contributed by atoms with E-state index in [0.29, 0.717) is 11.7 Å². The molecule has 0 amide bonds. The second-order valence-electron chi connectivity index (χ2n) is 6.00. The van der Waals surface area contributed by atoms with E-state index in [0.717, 1.165) is 31.6 Å². The van der Waals surface area contributed by atoms with Crippen LogP contribution in [-0.4, -0.2) is 13.1 Å². The van der Waals surface area contributed by atoms with Gasteiger partial charge in [0, 0.05) is 24.7 Å². The molecule has 0 bridgehead atoms. The Balaban J connectivity index is 2.23. The summed E-state index contributed by atoms with van der Waals surface area (Å²) in [5.41, 5.74) is 0.139. The van der Waals surface area contributed by atoms with Crippen LogP contribution < -0.4 is 4.90 Å². The summed E-state index contributed by atoms with van der Waals surface area (Å²) < 4.78 is 39.3. The molecule has 0 N–H and O–H groups in total. The summed E-state index contributed by atoms with van der Waals surface area (Å²) in [4.78, 5) is 1.99. The van der Waals surface area contributed by atoms with Crippen molar-refractivity contribution in [2.24, 2.45) is 5.92 Å².